The Morgan fingerprint density at radius 3 is 2.83 bits per heavy atom. The van der Waals surface area contributed by atoms with Crippen molar-refractivity contribution in [1.82, 2.24) is 24.5 Å². The highest BCUT2D eigenvalue weighted by atomic mass is 35.5. The van der Waals surface area contributed by atoms with Gasteiger partial charge in [0.15, 0.2) is 0 Å². The minimum atomic E-state index is -4.39. The van der Waals surface area contributed by atoms with Crippen molar-refractivity contribution in [3.05, 3.63) is 70.0 Å². The molecule has 0 atom stereocenters. The monoisotopic (exact) mass is 434 g/mol. The van der Waals surface area contributed by atoms with Gasteiger partial charge in [0.05, 0.1) is 23.9 Å². The van der Waals surface area contributed by atoms with Gasteiger partial charge in [0.2, 0.25) is 5.95 Å². The number of hydrogen-bond donors (Lipinski definition) is 2. The van der Waals surface area contributed by atoms with Crippen molar-refractivity contribution in [3.63, 3.8) is 0 Å². The van der Waals surface area contributed by atoms with E-state index in [1.54, 1.807) is 24.3 Å². The Hall–Kier alpha value is -3.40. The summed E-state index contributed by atoms with van der Waals surface area (Å²) in [6, 6.07) is 8.32. The molecule has 11 heteroatoms. The molecule has 0 radical (unpaired) electrons. The molecule has 0 saturated carbocycles. The van der Waals surface area contributed by atoms with E-state index in [0.29, 0.717) is 16.1 Å². The Morgan fingerprint density at radius 2 is 2.03 bits per heavy atom. The minimum absolute atomic E-state index is 0.114. The molecule has 2 N–H and O–H groups in total. The number of nitrogens with zero attached hydrogens (tertiary/aromatic N) is 4. The van der Waals surface area contributed by atoms with Crippen LogP contribution in [0.1, 0.15) is 5.56 Å². The largest absolute Gasteiger partial charge is 0.406 e. The van der Waals surface area contributed by atoms with Crippen molar-refractivity contribution in [2.75, 3.05) is 5.32 Å². The summed E-state index contributed by atoms with van der Waals surface area (Å²) >= 11 is 6.00. The van der Waals surface area contributed by atoms with Crippen LogP contribution in [0.2, 0.25) is 5.02 Å². The third-order valence-corrected chi connectivity index (χ3v) is 4.54. The molecule has 3 heterocycles. The third kappa shape index (κ3) is 4.43. The van der Waals surface area contributed by atoms with Crippen molar-refractivity contribution in [2.24, 2.45) is 0 Å². The number of hydrogen-bond acceptors (Lipinski definition) is 5. The number of aromatic nitrogens is 5. The van der Waals surface area contributed by atoms with Gasteiger partial charge in [0.25, 0.3) is 5.56 Å². The van der Waals surface area contributed by atoms with Gasteiger partial charge in [-0.2, -0.15) is 13.2 Å². The molecule has 7 nitrogen and oxygen atoms in total. The molecule has 0 amide bonds. The second-order valence-corrected chi connectivity index (χ2v) is 6.93. The zero-order chi connectivity index (χ0) is 21.3. The van der Waals surface area contributed by atoms with Gasteiger partial charge in [0, 0.05) is 34.2 Å². The van der Waals surface area contributed by atoms with Gasteiger partial charge in [-0.1, -0.05) is 11.6 Å². The van der Waals surface area contributed by atoms with E-state index in [2.05, 4.69) is 25.3 Å². The van der Waals surface area contributed by atoms with Crippen LogP contribution in [-0.4, -0.2) is 30.7 Å². The first kappa shape index (κ1) is 19.9. The lowest BCUT2D eigenvalue weighted by Gasteiger charge is -2.11. The highest BCUT2D eigenvalue weighted by molar-refractivity contribution is 6.31. The quantitative estimate of drug-likeness (QED) is 0.495. The molecule has 30 heavy (non-hydrogen) atoms. The summed E-state index contributed by atoms with van der Waals surface area (Å²) < 4.78 is 39.2. The minimum Gasteiger partial charge on any atom is -0.350 e. The number of fused-ring (bicyclic) bond motifs is 1. The smallest absolute Gasteiger partial charge is 0.350 e. The molecular formula is C19H14ClF3N6O. The van der Waals surface area contributed by atoms with E-state index in [4.69, 9.17) is 11.6 Å². The Bertz CT molecular complexity index is 1270. The fraction of sp³-hybridized carbons (Fsp3) is 0.158. The molecule has 0 spiro atoms. The second kappa shape index (κ2) is 7.79. The number of nitrogens with one attached hydrogen (secondary N) is 2. The van der Waals surface area contributed by atoms with Gasteiger partial charge in [-0.3, -0.25) is 4.79 Å². The van der Waals surface area contributed by atoms with E-state index in [1.807, 2.05) is 0 Å². The molecule has 0 aliphatic heterocycles. The fourth-order valence-corrected chi connectivity index (χ4v) is 3.15. The van der Waals surface area contributed by atoms with E-state index < -0.39 is 12.7 Å². The Morgan fingerprint density at radius 1 is 1.20 bits per heavy atom. The SMILES string of the molecule is O=c1[nH]c2ccc(Cl)cc2cc1CNc1nccc(-c2cncn2CC(F)(F)F)n1. The van der Waals surface area contributed by atoms with E-state index in [-0.39, 0.29) is 29.4 Å². The standard InChI is InChI=1S/C19H14ClF3N6O/c20-13-1-2-14-11(6-13)5-12(17(30)27-14)7-26-18-25-4-3-15(28-18)16-8-24-10-29(16)9-19(21,22)23/h1-6,8,10H,7,9H2,(H,27,30)(H,25,26,28). The van der Waals surface area contributed by atoms with Crippen molar-refractivity contribution in [1.29, 1.82) is 0 Å². The number of anilines is 1. The molecule has 0 saturated heterocycles. The lowest BCUT2D eigenvalue weighted by Crippen LogP contribution is -2.18. The summed E-state index contributed by atoms with van der Waals surface area (Å²) in [5.41, 5.74) is 1.28. The van der Waals surface area contributed by atoms with Crippen LogP contribution in [0.5, 0.6) is 0 Å². The number of alkyl halides is 3. The van der Waals surface area contributed by atoms with Gasteiger partial charge < -0.3 is 14.9 Å². The van der Waals surface area contributed by atoms with E-state index in [0.717, 1.165) is 16.3 Å². The van der Waals surface area contributed by atoms with E-state index in [1.165, 1.54) is 18.5 Å². The number of pyridine rings is 1. The average molecular weight is 435 g/mol. The van der Waals surface area contributed by atoms with Gasteiger partial charge in [-0.05, 0) is 30.3 Å². The molecule has 154 valence electrons. The van der Waals surface area contributed by atoms with Gasteiger partial charge in [-0.15, -0.1) is 0 Å². The number of halogens is 4. The topological polar surface area (TPSA) is 88.5 Å². The zero-order valence-corrected chi connectivity index (χ0v) is 16.0. The molecule has 0 aliphatic carbocycles. The first-order valence-electron chi connectivity index (χ1n) is 8.74. The van der Waals surface area contributed by atoms with Crippen molar-refractivity contribution >= 4 is 28.5 Å². The fourth-order valence-electron chi connectivity index (χ4n) is 2.97. The van der Waals surface area contributed by atoms with Crippen molar-refractivity contribution in [2.45, 2.75) is 19.3 Å². The second-order valence-electron chi connectivity index (χ2n) is 6.50. The molecule has 0 unspecified atom stereocenters. The average Bonchev–Trinajstić information content (AvgIpc) is 3.13. The van der Waals surface area contributed by atoms with Gasteiger partial charge in [-0.25, -0.2) is 15.0 Å². The van der Waals surface area contributed by atoms with Crippen LogP contribution < -0.4 is 10.9 Å². The van der Waals surface area contributed by atoms with Crippen LogP contribution in [0.15, 0.2) is 53.8 Å². The van der Waals surface area contributed by atoms with E-state index >= 15 is 0 Å². The number of imidazole rings is 1. The predicted octanol–water partition coefficient (Wildman–Crippen LogP) is 4.01. The van der Waals surface area contributed by atoms with Crippen LogP contribution in [0.4, 0.5) is 19.1 Å². The zero-order valence-electron chi connectivity index (χ0n) is 15.2. The predicted molar refractivity (Wildman–Crippen MR) is 106 cm³/mol. The molecular weight excluding hydrogens is 421 g/mol. The number of benzene rings is 1. The van der Waals surface area contributed by atoms with Crippen LogP contribution >= 0.6 is 11.6 Å². The summed E-state index contributed by atoms with van der Waals surface area (Å²) in [5.74, 6) is 0.165. The van der Waals surface area contributed by atoms with Gasteiger partial charge >= 0.3 is 6.18 Å². The maximum atomic E-state index is 12.7. The first-order valence-corrected chi connectivity index (χ1v) is 9.12. The third-order valence-electron chi connectivity index (χ3n) is 4.30. The van der Waals surface area contributed by atoms with E-state index in [9.17, 15) is 18.0 Å². The summed E-state index contributed by atoms with van der Waals surface area (Å²) in [6.45, 7) is -1.06. The number of rotatable bonds is 5. The lowest BCUT2D eigenvalue weighted by molar-refractivity contribution is -0.140. The van der Waals surface area contributed by atoms with Crippen LogP contribution in [0.25, 0.3) is 22.3 Å². The lowest BCUT2D eigenvalue weighted by atomic mass is 10.1. The summed E-state index contributed by atoms with van der Waals surface area (Å²) in [4.78, 5) is 27.1. The van der Waals surface area contributed by atoms with Crippen LogP contribution in [0.3, 0.4) is 0 Å². The van der Waals surface area contributed by atoms with Crippen LogP contribution in [0, 0.1) is 0 Å². The Kier molecular flexibility index (Phi) is 5.17. The highest BCUT2D eigenvalue weighted by Crippen LogP contribution is 2.23. The maximum absolute atomic E-state index is 12.7. The number of aromatic amines is 1. The van der Waals surface area contributed by atoms with Crippen molar-refractivity contribution < 1.29 is 13.2 Å². The van der Waals surface area contributed by atoms with Crippen molar-refractivity contribution in [3.8, 4) is 11.4 Å². The summed E-state index contributed by atoms with van der Waals surface area (Å²) in [5, 5.41) is 4.23. The van der Waals surface area contributed by atoms with Crippen LogP contribution in [-0.2, 0) is 13.1 Å². The Balaban J connectivity index is 1.56. The molecule has 1 aromatic carbocycles. The molecule has 4 rings (SSSR count). The Labute approximate surface area is 172 Å². The molecule has 3 aromatic heterocycles. The summed E-state index contributed by atoms with van der Waals surface area (Å²) in [6.07, 6.45) is -0.572. The highest BCUT2D eigenvalue weighted by Gasteiger charge is 2.29. The normalized spacial score (nSPS) is 11.7. The summed E-state index contributed by atoms with van der Waals surface area (Å²) in [7, 11) is 0. The first-order chi connectivity index (χ1) is 14.3. The van der Waals surface area contributed by atoms with Gasteiger partial charge in [0.1, 0.15) is 6.54 Å². The molecule has 0 aliphatic rings. The number of H-pyrrole nitrogens is 1. The molecule has 0 fully saturated rings. The molecule has 0 bridgehead atoms. The maximum Gasteiger partial charge on any atom is 0.406 e. The molecule has 4 aromatic rings.